The Morgan fingerprint density at radius 1 is 1.00 bits per heavy atom. The van der Waals surface area contributed by atoms with E-state index in [1.807, 2.05) is 12.1 Å². The third kappa shape index (κ3) is 5.62. The zero-order valence-corrected chi connectivity index (χ0v) is 15.7. The maximum absolute atomic E-state index is 6.98. The fraction of sp³-hybridized carbons (Fsp3) is 0.667. The first kappa shape index (κ1) is 17.4. The predicted octanol–water partition coefficient (Wildman–Crippen LogP) is 7.37. The second kappa shape index (κ2) is 8.60. The number of hydrogen-bond acceptors (Lipinski definition) is 0. The topological polar surface area (TPSA) is 0 Å². The molecule has 3 heteroatoms. The van der Waals surface area contributed by atoms with Gasteiger partial charge < -0.3 is 0 Å². The van der Waals surface area contributed by atoms with Crippen molar-refractivity contribution in [3.05, 3.63) is 34.9 Å². The van der Waals surface area contributed by atoms with Crippen LogP contribution in [0.5, 0.6) is 0 Å². The van der Waals surface area contributed by atoms with E-state index >= 15 is 0 Å². The quantitative estimate of drug-likeness (QED) is 0.275. The van der Waals surface area contributed by atoms with Gasteiger partial charge >= 0.3 is 0 Å². The van der Waals surface area contributed by atoms with E-state index in [0.29, 0.717) is 5.92 Å². The van der Waals surface area contributed by atoms with E-state index in [-0.39, 0.29) is 0 Å². The average Bonchev–Trinajstić information content (AvgIpc) is 2.49. The summed E-state index contributed by atoms with van der Waals surface area (Å²) in [6.07, 6.45) is 9.42. The van der Waals surface area contributed by atoms with Crippen LogP contribution >= 0.6 is 22.7 Å². The minimum atomic E-state index is -1.44. The zero-order chi connectivity index (χ0) is 15.1. The molecule has 0 bridgehead atoms. The Hall–Kier alpha value is 0.0169. The molecule has 1 aromatic carbocycles. The third-order valence-electron chi connectivity index (χ3n) is 4.95. The van der Waals surface area contributed by atoms with Crippen LogP contribution < -0.4 is 0 Å². The largest absolute Gasteiger partial charge is 0.167 e. The molecule has 0 aliphatic carbocycles. The molecule has 2 rings (SSSR count). The lowest BCUT2D eigenvalue weighted by Crippen LogP contribution is -2.31. The third-order valence-corrected chi connectivity index (χ3v) is 10.5. The number of halogens is 2. The van der Waals surface area contributed by atoms with Crippen LogP contribution in [0.3, 0.4) is 0 Å². The van der Waals surface area contributed by atoms with Crippen LogP contribution in [0.4, 0.5) is 0 Å². The summed E-state index contributed by atoms with van der Waals surface area (Å²) in [6, 6.07) is 12.4. The van der Waals surface area contributed by atoms with Gasteiger partial charge in [-0.1, -0.05) is 62.8 Å². The smallest absolute Gasteiger partial charge is 0.156 e. The van der Waals surface area contributed by atoms with Crippen LogP contribution in [0.25, 0.3) is 0 Å². The van der Waals surface area contributed by atoms with Gasteiger partial charge in [-0.15, -0.1) is 0 Å². The molecule has 1 heterocycles. The summed E-state index contributed by atoms with van der Waals surface area (Å²) in [5.74, 6) is 0.710. The molecule has 1 aliphatic heterocycles. The number of rotatable bonds is 7. The Kier molecular flexibility index (Phi) is 7.11. The van der Waals surface area contributed by atoms with Gasteiger partial charge in [0.05, 0.1) is 0 Å². The summed E-state index contributed by atoms with van der Waals surface area (Å²) in [7, 11) is -1.44. The highest BCUT2D eigenvalue weighted by molar-refractivity contribution is 7.20. The molecular weight excluding hydrogens is 315 g/mol. The lowest BCUT2D eigenvalue weighted by atomic mass is 9.94. The molecule has 21 heavy (non-hydrogen) atoms. The second-order valence-electron chi connectivity index (χ2n) is 6.64. The van der Waals surface area contributed by atoms with Crippen molar-refractivity contribution in [3.63, 3.8) is 0 Å². The first-order chi connectivity index (χ1) is 10.1. The van der Waals surface area contributed by atoms with Crippen LogP contribution in [-0.2, 0) is 0 Å². The SMILES string of the molecule is CCCCCCC[Si]1(Cl)CCC(c2ccc(Cl)cc2)CC1. The van der Waals surface area contributed by atoms with Crippen molar-refractivity contribution in [2.24, 2.45) is 0 Å². The van der Waals surface area contributed by atoms with Crippen LogP contribution in [0.2, 0.25) is 23.2 Å². The fourth-order valence-electron chi connectivity index (χ4n) is 3.50. The highest BCUT2D eigenvalue weighted by atomic mass is 35.6. The molecule has 0 atom stereocenters. The first-order valence-electron chi connectivity index (χ1n) is 8.57. The summed E-state index contributed by atoms with van der Waals surface area (Å²) < 4.78 is 0. The summed E-state index contributed by atoms with van der Waals surface area (Å²) in [4.78, 5) is 0. The zero-order valence-electron chi connectivity index (χ0n) is 13.2. The number of benzene rings is 1. The van der Waals surface area contributed by atoms with E-state index < -0.39 is 7.38 Å². The summed E-state index contributed by atoms with van der Waals surface area (Å²) in [5.41, 5.74) is 1.45. The second-order valence-corrected chi connectivity index (χ2v) is 13.3. The molecular formula is C18H28Cl2Si. The van der Waals surface area contributed by atoms with Gasteiger partial charge in [0, 0.05) is 5.02 Å². The molecule has 1 saturated heterocycles. The fourth-order valence-corrected chi connectivity index (χ4v) is 8.05. The van der Waals surface area contributed by atoms with Gasteiger partial charge in [0.1, 0.15) is 0 Å². The molecule has 0 N–H and O–H groups in total. The molecule has 1 aromatic rings. The van der Waals surface area contributed by atoms with Crippen molar-refractivity contribution in [1.82, 2.24) is 0 Å². The van der Waals surface area contributed by atoms with Gasteiger partial charge in [0.15, 0.2) is 7.38 Å². The molecule has 0 spiro atoms. The van der Waals surface area contributed by atoms with E-state index in [0.717, 1.165) is 5.02 Å². The lowest BCUT2D eigenvalue weighted by Gasteiger charge is -2.33. The predicted molar refractivity (Wildman–Crippen MR) is 98.2 cm³/mol. The molecule has 1 aliphatic rings. The van der Waals surface area contributed by atoms with Crippen molar-refractivity contribution < 1.29 is 0 Å². The molecule has 0 aromatic heterocycles. The highest BCUT2D eigenvalue weighted by Crippen LogP contribution is 2.43. The Morgan fingerprint density at radius 2 is 1.62 bits per heavy atom. The summed E-state index contributed by atoms with van der Waals surface area (Å²) >= 11 is 13.0. The van der Waals surface area contributed by atoms with Gasteiger partial charge in [0.25, 0.3) is 0 Å². The normalized spacial score (nSPS) is 26.0. The Bertz CT molecular complexity index is 408. The molecule has 0 nitrogen and oxygen atoms in total. The minimum absolute atomic E-state index is 0.710. The van der Waals surface area contributed by atoms with Crippen molar-refractivity contribution in [2.75, 3.05) is 0 Å². The molecule has 1 fully saturated rings. The van der Waals surface area contributed by atoms with Gasteiger partial charge in [-0.05, 0) is 54.6 Å². The van der Waals surface area contributed by atoms with Crippen molar-refractivity contribution in [1.29, 1.82) is 0 Å². The number of hydrogen-bond donors (Lipinski definition) is 0. The molecule has 0 saturated carbocycles. The lowest BCUT2D eigenvalue weighted by molar-refractivity contribution is 0.596. The van der Waals surface area contributed by atoms with Crippen LogP contribution in [0, 0.1) is 0 Å². The van der Waals surface area contributed by atoms with Gasteiger partial charge in [0.2, 0.25) is 0 Å². The average molecular weight is 343 g/mol. The van der Waals surface area contributed by atoms with E-state index in [1.165, 1.54) is 68.6 Å². The van der Waals surface area contributed by atoms with Crippen LogP contribution in [-0.4, -0.2) is 7.38 Å². The van der Waals surface area contributed by atoms with Crippen molar-refractivity contribution >= 4 is 30.1 Å². The van der Waals surface area contributed by atoms with Crippen LogP contribution in [0.15, 0.2) is 24.3 Å². The molecule has 0 unspecified atom stereocenters. The molecule has 118 valence electrons. The molecule has 0 amide bonds. The summed E-state index contributed by atoms with van der Waals surface area (Å²) in [5, 5.41) is 0.836. The summed E-state index contributed by atoms with van der Waals surface area (Å²) in [6.45, 7) is 2.27. The van der Waals surface area contributed by atoms with Crippen LogP contribution in [0.1, 0.15) is 63.4 Å². The van der Waals surface area contributed by atoms with Gasteiger partial charge in [-0.2, -0.15) is 11.1 Å². The van der Waals surface area contributed by atoms with E-state index in [1.54, 1.807) is 0 Å². The van der Waals surface area contributed by atoms with Gasteiger partial charge in [-0.3, -0.25) is 0 Å². The molecule has 0 radical (unpaired) electrons. The Labute approximate surface area is 140 Å². The van der Waals surface area contributed by atoms with Crippen molar-refractivity contribution in [3.8, 4) is 0 Å². The number of unbranched alkanes of at least 4 members (excludes halogenated alkanes) is 4. The maximum Gasteiger partial charge on any atom is 0.156 e. The van der Waals surface area contributed by atoms with E-state index in [4.69, 9.17) is 22.7 Å². The van der Waals surface area contributed by atoms with E-state index in [9.17, 15) is 0 Å². The van der Waals surface area contributed by atoms with E-state index in [2.05, 4.69) is 19.1 Å². The first-order valence-corrected chi connectivity index (χ1v) is 12.6. The Morgan fingerprint density at radius 3 is 2.24 bits per heavy atom. The van der Waals surface area contributed by atoms with Crippen molar-refractivity contribution in [2.45, 2.75) is 75.9 Å². The standard InChI is InChI=1S/C18H28Cl2Si/c1-2-3-4-5-6-13-21(20)14-11-17(12-15-21)16-7-9-18(19)10-8-16/h7-10,17H,2-6,11-15H2,1H3. The maximum atomic E-state index is 6.98. The minimum Gasteiger partial charge on any atom is -0.167 e. The highest BCUT2D eigenvalue weighted by Gasteiger charge is 2.35. The van der Waals surface area contributed by atoms with Gasteiger partial charge in [-0.25, -0.2) is 0 Å². The Balaban J connectivity index is 1.75. The monoisotopic (exact) mass is 342 g/mol.